The Labute approximate surface area is 89.7 Å². The van der Waals surface area contributed by atoms with Crippen molar-refractivity contribution in [2.75, 3.05) is 0 Å². The van der Waals surface area contributed by atoms with E-state index in [9.17, 15) is 4.79 Å². The molecule has 1 aromatic heterocycles. The standard InChI is InChI=1S/C11H17N3O/c1-14-11(12-8-13-14)10(15)9-6-4-2-3-5-7-9/h8-9H,2-7H2,1H3. The Morgan fingerprint density at radius 3 is 2.53 bits per heavy atom. The van der Waals surface area contributed by atoms with Crippen LogP contribution in [0.2, 0.25) is 0 Å². The van der Waals surface area contributed by atoms with Gasteiger partial charge in [-0.25, -0.2) is 9.67 Å². The summed E-state index contributed by atoms with van der Waals surface area (Å²) in [6.07, 6.45) is 8.37. The van der Waals surface area contributed by atoms with E-state index >= 15 is 0 Å². The van der Waals surface area contributed by atoms with Crippen LogP contribution in [-0.4, -0.2) is 20.5 Å². The smallest absolute Gasteiger partial charge is 0.202 e. The minimum Gasteiger partial charge on any atom is -0.290 e. The van der Waals surface area contributed by atoms with Crippen molar-refractivity contribution in [2.24, 2.45) is 13.0 Å². The van der Waals surface area contributed by atoms with Crippen LogP contribution in [0, 0.1) is 5.92 Å². The molecule has 82 valence electrons. The fourth-order valence-corrected chi connectivity index (χ4v) is 2.24. The number of Topliss-reactive ketones (excluding diaryl/α,β-unsaturated/α-hetero) is 1. The fourth-order valence-electron chi connectivity index (χ4n) is 2.24. The predicted octanol–water partition coefficient (Wildman–Crippen LogP) is 1.97. The Hall–Kier alpha value is -1.19. The first-order valence-electron chi connectivity index (χ1n) is 5.67. The minimum atomic E-state index is 0.176. The van der Waals surface area contributed by atoms with Crippen LogP contribution in [0.1, 0.15) is 49.1 Å². The molecule has 0 radical (unpaired) electrons. The van der Waals surface area contributed by atoms with Crippen molar-refractivity contribution in [3.63, 3.8) is 0 Å². The normalized spacial score (nSPS) is 18.7. The zero-order valence-corrected chi connectivity index (χ0v) is 9.15. The van der Waals surface area contributed by atoms with Gasteiger partial charge in [0.25, 0.3) is 0 Å². The first-order chi connectivity index (χ1) is 7.29. The Kier molecular flexibility index (Phi) is 3.14. The van der Waals surface area contributed by atoms with Crippen molar-refractivity contribution in [1.29, 1.82) is 0 Å². The van der Waals surface area contributed by atoms with E-state index in [1.54, 1.807) is 11.7 Å². The number of aryl methyl sites for hydroxylation is 1. The molecular weight excluding hydrogens is 190 g/mol. The molecule has 0 N–H and O–H groups in total. The van der Waals surface area contributed by atoms with E-state index in [1.807, 2.05) is 0 Å². The van der Waals surface area contributed by atoms with Crippen molar-refractivity contribution in [2.45, 2.75) is 38.5 Å². The molecule has 0 spiro atoms. The third-order valence-corrected chi connectivity index (χ3v) is 3.16. The van der Waals surface area contributed by atoms with Crippen LogP contribution >= 0.6 is 0 Å². The van der Waals surface area contributed by atoms with Gasteiger partial charge in [-0.3, -0.25) is 4.79 Å². The molecule has 1 aromatic rings. The number of nitrogens with zero attached hydrogens (tertiary/aromatic N) is 3. The van der Waals surface area contributed by atoms with Crippen LogP contribution < -0.4 is 0 Å². The molecule has 1 fully saturated rings. The second kappa shape index (κ2) is 4.55. The van der Waals surface area contributed by atoms with Gasteiger partial charge in [-0.05, 0) is 12.8 Å². The van der Waals surface area contributed by atoms with Crippen LogP contribution in [-0.2, 0) is 7.05 Å². The second-order valence-electron chi connectivity index (χ2n) is 4.26. The summed E-state index contributed by atoms with van der Waals surface area (Å²) in [5.74, 6) is 0.870. The van der Waals surface area contributed by atoms with Crippen molar-refractivity contribution >= 4 is 5.78 Å². The summed E-state index contributed by atoms with van der Waals surface area (Å²) in [5, 5.41) is 3.94. The van der Waals surface area contributed by atoms with Gasteiger partial charge >= 0.3 is 0 Å². The summed E-state index contributed by atoms with van der Waals surface area (Å²) in [4.78, 5) is 16.1. The van der Waals surface area contributed by atoms with E-state index in [4.69, 9.17) is 0 Å². The Balaban J connectivity index is 2.09. The maximum Gasteiger partial charge on any atom is 0.202 e. The number of ketones is 1. The number of rotatable bonds is 2. The van der Waals surface area contributed by atoms with Gasteiger partial charge in [0.1, 0.15) is 6.33 Å². The van der Waals surface area contributed by atoms with Crippen LogP contribution in [0.25, 0.3) is 0 Å². The highest BCUT2D eigenvalue weighted by atomic mass is 16.1. The molecule has 1 heterocycles. The maximum atomic E-state index is 12.1. The Morgan fingerprint density at radius 1 is 1.33 bits per heavy atom. The first kappa shape index (κ1) is 10.3. The zero-order chi connectivity index (χ0) is 10.7. The Morgan fingerprint density at radius 2 is 2.00 bits per heavy atom. The summed E-state index contributed by atoms with van der Waals surface area (Å²) in [7, 11) is 1.77. The second-order valence-corrected chi connectivity index (χ2v) is 4.26. The molecule has 0 unspecified atom stereocenters. The molecule has 0 aromatic carbocycles. The molecule has 1 aliphatic carbocycles. The van der Waals surface area contributed by atoms with E-state index in [0.717, 1.165) is 12.8 Å². The van der Waals surface area contributed by atoms with Gasteiger partial charge in [-0.15, -0.1) is 0 Å². The predicted molar refractivity (Wildman–Crippen MR) is 56.5 cm³/mol. The summed E-state index contributed by atoms with van der Waals surface area (Å²) in [6.45, 7) is 0. The molecule has 0 atom stereocenters. The molecule has 0 aliphatic heterocycles. The summed E-state index contributed by atoms with van der Waals surface area (Å²) < 4.78 is 1.58. The third-order valence-electron chi connectivity index (χ3n) is 3.16. The highest BCUT2D eigenvalue weighted by Gasteiger charge is 2.24. The average molecular weight is 207 g/mol. The lowest BCUT2D eigenvalue weighted by atomic mass is 9.95. The average Bonchev–Trinajstić information content (AvgIpc) is 2.53. The van der Waals surface area contributed by atoms with Crippen LogP contribution in [0.5, 0.6) is 0 Å². The topological polar surface area (TPSA) is 47.8 Å². The van der Waals surface area contributed by atoms with Crippen molar-refractivity contribution in [3.8, 4) is 0 Å². The van der Waals surface area contributed by atoms with Crippen LogP contribution in [0.15, 0.2) is 6.33 Å². The summed E-state index contributed by atoms with van der Waals surface area (Å²) >= 11 is 0. The van der Waals surface area contributed by atoms with E-state index < -0.39 is 0 Å². The lowest BCUT2D eigenvalue weighted by molar-refractivity contribution is 0.0892. The largest absolute Gasteiger partial charge is 0.290 e. The lowest BCUT2D eigenvalue weighted by Crippen LogP contribution is -2.18. The summed E-state index contributed by atoms with van der Waals surface area (Å²) in [5.41, 5.74) is 0. The monoisotopic (exact) mass is 207 g/mol. The quantitative estimate of drug-likeness (QED) is 0.550. The lowest BCUT2D eigenvalue weighted by Gasteiger charge is -2.11. The molecule has 2 rings (SSSR count). The van der Waals surface area contributed by atoms with Crippen LogP contribution in [0.3, 0.4) is 0 Å². The SMILES string of the molecule is Cn1ncnc1C(=O)C1CCCCCC1. The van der Waals surface area contributed by atoms with Crippen molar-refractivity contribution < 1.29 is 4.79 Å². The maximum absolute atomic E-state index is 12.1. The number of carbonyl (C=O) groups is 1. The highest BCUT2D eigenvalue weighted by Crippen LogP contribution is 2.25. The van der Waals surface area contributed by atoms with Crippen molar-refractivity contribution in [1.82, 2.24) is 14.8 Å². The van der Waals surface area contributed by atoms with Crippen LogP contribution in [0.4, 0.5) is 0 Å². The highest BCUT2D eigenvalue weighted by molar-refractivity contribution is 5.94. The molecule has 1 saturated carbocycles. The molecule has 4 heteroatoms. The molecular formula is C11H17N3O. The van der Waals surface area contributed by atoms with E-state index in [2.05, 4.69) is 10.1 Å². The summed E-state index contributed by atoms with van der Waals surface area (Å²) in [6, 6.07) is 0. The van der Waals surface area contributed by atoms with E-state index in [-0.39, 0.29) is 11.7 Å². The van der Waals surface area contributed by atoms with Gasteiger partial charge in [-0.1, -0.05) is 25.7 Å². The van der Waals surface area contributed by atoms with Gasteiger partial charge < -0.3 is 0 Å². The van der Waals surface area contributed by atoms with Gasteiger partial charge in [0, 0.05) is 13.0 Å². The van der Waals surface area contributed by atoms with E-state index in [0.29, 0.717) is 5.82 Å². The Bertz CT molecular complexity index is 337. The van der Waals surface area contributed by atoms with E-state index in [1.165, 1.54) is 32.0 Å². The molecule has 4 nitrogen and oxygen atoms in total. The van der Waals surface area contributed by atoms with Gasteiger partial charge in [0.15, 0.2) is 5.82 Å². The molecule has 0 saturated heterocycles. The minimum absolute atomic E-state index is 0.176. The number of aromatic nitrogens is 3. The number of carbonyl (C=O) groups excluding carboxylic acids is 1. The molecule has 0 amide bonds. The molecule has 1 aliphatic rings. The van der Waals surface area contributed by atoms with Gasteiger partial charge in [0.05, 0.1) is 0 Å². The first-order valence-corrected chi connectivity index (χ1v) is 5.67. The molecule has 15 heavy (non-hydrogen) atoms. The van der Waals surface area contributed by atoms with Gasteiger partial charge in [0.2, 0.25) is 5.78 Å². The molecule has 0 bridgehead atoms. The fraction of sp³-hybridized carbons (Fsp3) is 0.727. The van der Waals surface area contributed by atoms with Crippen molar-refractivity contribution in [3.05, 3.63) is 12.2 Å². The third kappa shape index (κ3) is 2.25. The zero-order valence-electron chi connectivity index (χ0n) is 9.15. The number of hydrogen-bond donors (Lipinski definition) is 0. The number of hydrogen-bond acceptors (Lipinski definition) is 3. The van der Waals surface area contributed by atoms with Gasteiger partial charge in [-0.2, -0.15) is 5.10 Å².